The van der Waals surface area contributed by atoms with Gasteiger partial charge < -0.3 is 4.74 Å². The number of esters is 1. The first kappa shape index (κ1) is 12.2. The molecule has 1 heterocycles. The van der Waals surface area contributed by atoms with Crippen LogP contribution in [0, 0.1) is 16.7 Å². The van der Waals surface area contributed by atoms with Gasteiger partial charge in [-0.2, -0.15) is 0 Å². The van der Waals surface area contributed by atoms with E-state index in [1.54, 1.807) is 0 Å². The number of aliphatic imine (C=N–C) groups is 1. The van der Waals surface area contributed by atoms with E-state index in [4.69, 9.17) is 9.73 Å². The highest BCUT2D eigenvalue weighted by Gasteiger charge is 2.67. The monoisotopic (exact) mass is 249 g/mol. The molecule has 0 N–H and O–H groups in total. The molecule has 0 amide bonds. The number of hydrogen-bond acceptors (Lipinski definition) is 3. The van der Waals surface area contributed by atoms with E-state index in [0.29, 0.717) is 5.92 Å². The molecule has 0 unspecified atom stereocenters. The van der Waals surface area contributed by atoms with Gasteiger partial charge in [-0.1, -0.05) is 34.1 Å². The van der Waals surface area contributed by atoms with E-state index in [0.717, 1.165) is 19.3 Å². The quantitative estimate of drug-likeness (QED) is 0.706. The summed E-state index contributed by atoms with van der Waals surface area (Å²) in [6.45, 7) is 8.99. The van der Waals surface area contributed by atoms with Crippen molar-refractivity contribution in [2.24, 2.45) is 21.7 Å². The normalized spacial score (nSPS) is 44.6. The fourth-order valence-corrected chi connectivity index (χ4v) is 4.25. The summed E-state index contributed by atoms with van der Waals surface area (Å²) in [5.74, 6) is 0.412. The van der Waals surface area contributed by atoms with Gasteiger partial charge >= 0.3 is 5.97 Å². The maximum Gasteiger partial charge on any atom is 0.331 e. The number of nitrogens with zero attached hydrogens (tertiary/aromatic N) is 1. The lowest BCUT2D eigenvalue weighted by Gasteiger charge is -2.39. The summed E-state index contributed by atoms with van der Waals surface area (Å²) >= 11 is 0. The zero-order valence-corrected chi connectivity index (χ0v) is 11.8. The first-order valence-electron chi connectivity index (χ1n) is 7.20. The zero-order chi connectivity index (χ0) is 13.1. The summed E-state index contributed by atoms with van der Waals surface area (Å²) in [5, 5.41) is 0. The maximum atomic E-state index is 12.0. The predicted octanol–water partition coefficient (Wildman–Crippen LogP) is 2.98. The van der Waals surface area contributed by atoms with Crippen molar-refractivity contribution >= 4 is 11.7 Å². The molecule has 3 aliphatic rings. The van der Waals surface area contributed by atoms with E-state index < -0.39 is 0 Å². The van der Waals surface area contributed by atoms with Gasteiger partial charge in [0.05, 0.1) is 5.71 Å². The molecule has 100 valence electrons. The van der Waals surface area contributed by atoms with E-state index in [9.17, 15) is 4.79 Å². The average molecular weight is 249 g/mol. The molecule has 3 heteroatoms. The lowest BCUT2D eigenvalue weighted by atomic mass is 9.70. The Labute approximate surface area is 109 Å². The predicted molar refractivity (Wildman–Crippen MR) is 70.6 cm³/mol. The van der Waals surface area contributed by atoms with Crippen molar-refractivity contribution in [3.05, 3.63) is 0 Å². The summed E-state index contributed by atoms with van der Waals surface area (Å²) in [4.78, 5) is 16.8. The van der Waals surface area contributed by atoms with E-state index in [2.05, 4.69) is 27.7 Å². The minimum atomic E-state index is -0.236. The fraction of sp³-hybridized carbons (Fsp3) is 0.867. The van der Waals surface area contributed by atoms with Crippen molar-refractivity contribution < 1.29 is 9.53 Å². The van der Waals surface area contributed by atoms with E-state index in [1.807, 2.05) is 0 Å². The molecule has 0 aromatic heterocycles. The van der Waals surface area contributed by atoms with Crippen LogP contribution in [0.25, 0.3) is 0 Å². The van der Waals surface area contributed by atoms with Crippen LogP contribution in [-0.4, -0.2) is 23.8 Å². The van der Waals surface area contributed by atoms with Gasteiger partial charge in [0.15, 0.2) is 0 Å². The van der Waals surface area contributed by atoms with Crippen LogP contribution in [0.3, 0.4) is 0 Å². The minimum absolute atomic E-state index is 0.0492. The van der Waals surface area contributed by atoms with Crippen LogP contribution in [0.15, 0.2) is 4.99 Å². The largest absolute Gasteiger partial charge is 0.454 e. The Morgan fingerprint density at radius 1 is 1.39 bits per heavy atom. The average Bonchev–Trinajstić information content (AvgIpc) is 2.62. The highest BCUT2D eigenvalue weighted by molar-refractivity contribution is 6.01. The number of fused-ring (bicyclic) bond motifs is 5. The molecule has 0 radical (unpaired) electrons. The van der Waals surface area contributed by atoms with Crippen LogP contribution < -0.4 is 0 Å². The van der Waals surface area contributed by atoms with Gasteiger partial charge in [-0.3, -0.25) is 4.99 Å². The van der Waals surface area contributed by atoms with Crippen molar-refractivity contribution in [1.82, 2.24) is 0 Å². The summed E-state index contributed by atoms with van der Waals surface area (Å²) < 4.78 is 5.78. The number of carbonyl (C=O) groups excluding carboxylic acids is 1. The summed E-state index contributed by atoms with van der Waals surface area (Å²) in [7, 11) is 0. The molecule has 0 spiro atoms. The summed E-state index contributed by atoms with van der Waals surface area (Å²) in [6.07, 6.45) is 4.10. The molecule has 0 aromatic carbocycles. The first-order valence-corrected chi connectivity index (χ1v) is 7.20. The number of hydrogen-bond donors (Lipinski definition) is 0. The molecule has 0 saturated heterocycles. The smallest absolute Gasteiger partial charge is 0.331 e. The van der Waals surface area contributed by atoms with Gasteiger partial charge in [0.2, 0.25) is 0 Å². The highest BCUT2D eigenvalue weighted by atomic mass is 16.5. The lowest BCUT2D eigenvalue weighted by Crippen LogP contribution is -2.46. The van der Waals surface area contributed by atoms with Crippen molar-refractivity contribution in [2.75, 3.05) is 0 Å². The molecule has 2 fully saturated rings. The number of ether oxygens (including phenoxy) is 1. The van der Waals surface area contributed by atoms with Crippen LogP contribution in [0.2, 0.25) is 0 Å². The third-order valence-corrected chi connectivity index (χ3v) is 5.87. The van der Waals surface area contributed by atoms with Gasteiger partial charge in [0.1, 0.15) is 12.1 Å². The topological polar surface area (TPSA) is 38.7 Å². The molecule has 1 aliphatic heterocycles. The van der Waals surface area contributed by atoms with E-state index >= 15 is 0 Å². The van der Waals surface area contributed by atoms with Crippen LogP contribution >= 0.6 is 0 Å². The van der Waals surface area contributed by atoms with Crippen LogP contribution in [0.1, 0.15) is 53.4 Å². The van der Waals surface area contributed by atoms with Gasteiger partial charge in [0, 0.05) is 11.3 Å². The zero-order valence-electron chi connectivity index (χ0n) is 11.8. The van der Waals surface area contributed by atoms with Crippen LogP contribution in [-0.2, 0) is 9.53 Å². The molecule has 0 aromatic rings. The second-order valence-corrected chi connectivity index (χ2v) is 6.91. The Morgan fingerprint density at radius 2 is 2.11 bits per heavy atom. The van der Waals surface area contributed by atoms with E-state index in [-0.39, 0.29) is 28.9 Å². The Bertz CT molecular complexity index is 426. The highest BCUT2D eigenvalue weighted by Crippen LogP contribution is 2.65. The first-order chi connectivity index (χ1) is 8.41. The van der Waals surface area contributed by atoms with Crippen LogP contribution in [0.5, 0.6) is 0 Å². The fourth-order valence-electron chi connectivity index (χ4n) is 4.25. The number of carbonyl (C=O) groups is 1. The van der Waals surface area contributed by atoms with Crippen molar-refractivity contribution in [3.63, 3.8) is 0 Å². The van der Waals surface area contributed by atoms with Crippen molar-refractivity contribution in [1.29, 1.82) is 0 Å². The van der Waals surface area contributed by atoms with E-state index in [1.165, 1.54) is 12.1 Å². The SMILES string of the molecule is CCC[C@H]1N=C2[C@H]3CC[C@@](C)([C@@H]2OC1=O)C3(C)C. The van der Waals surface area contributed by atoms with Crippen molar-refractivity contribution in [3.8, 4) is 0 Å². The summed E-state index contributed by atoms with van der Waals surface area (Å²) in [5.41, 5.74) is 1.48. The molecule has 2 aliphatic carbocycles. The van der Waals surface area contributed by atoms with Crippen LogP contribution in [0.4, 0.5) is 0 Å². The van der Waals surface area contributed by atoms with Crippen molar-refractivity contribution in [2.45, 2.75) is 65.5 Å². The second kappa shape index (κ2) is 3.58. The molecule has 2 bridgehead atoms. The third-order valence-electron chi connectivity index (χ3n) is 5.87. The standard InChI is InChI=1S/C15H23NO2/c1-5-6-10-13(17)18-12-11(16-10)9-7-8-15(12,4)14(9,2)3/h9-10,12H,5-8H2,1-4H3/t9-,10-,12-,15+/m1/s1. The minimum Gasteiger partial charge on any atom is -0.454 e. The van der Waals surface area contributed by atoms with Gasteiger partial charge in [0.25, 0.3) is 0 Å². The molecule has 3 rings (SSSR count). The molecule has 18 heavy (non-hydrogen) atoms. The molecule has 3 nitrogen and oxygen atoms in total. The maximum absolute atomic E-state index is 12.0. The Balaban J connectivity index is 2.01. The Morgan fingerprint density at radius 3 is 2.78 bits per heavy atom. The molecular weight excluding hydrogens is 226 g/mol. The number of rotatable bonds is 2. The third kappa shape index (κ3) is 1.25. The van der Waals surface area contributed by atoms with Gasteiger partial charge in [-0.25, -0.2) is 4.79 Å². The molecular formula is C15H23NO2. The Hall–Kier alpha value is -0.860. The lowest BCUT2D eigenvalue weighted by molar-refractivity contribution is -0.155. The summed E-state index contributed by atoms with van der Waals surface area (Å²) in [6, 6.07) is -0.236. The molecule has 2 saturated carbocycles. The molecule has 4 atom stereocenters. The van der Waals surface area contributed by atoms with Gasteiger partial charge in [-0.05, 0) is 24.7 Å². The van der Waals surface area contributed by atoms with Gasteiger partial charge in [-0.15, -0.1) is 0 Å². The Kier molecular flexibility index (Phi) is 2.43. The second-order valence-electron chi connectivity index (χ2n) is 6.91.